The van der Waals surface area contributed by atoms with E-state index in [-0.39, 0.29) is 5.91 Å². The molecule has 1 N–H and O–H groups in total. The maximum absolute atomic E-state index is 12.2. The van der Waals surface area contributed by atoms with Crippen LogP contribution in [0.5, 0.6) is 0 Å². The number of fused-ring (bicyclic) bond motifs is 1. The number of nitrogens with zero attached hydrogens (tertiary/aromatic N) is 1. The molecule has 0 aliphatic heterocycles. The largest absolute Gasteiger partial charge is 0.436 e. The van der Waals surface area contributed by atoms with E-state index in [2.05, 4.69) is 16.4 Å². The molecule has 0 aliphatic carbocycles. The number of rotatable bonds is 5. The second kappa shape index (κ2) is 8.31. The lowest BCUT2D eigenvalue weighted by atomic mass is 10.1. The van der Waals surface area contributed by atoms with Crippen molar-refractivity contribution in [3.05, 3.63) is 76.8 Å². The number of aromatic nitrogens is 1. The Morgan fingerprint density at radius 3 is 2.52 bits per heavy atom. The molecule has 0 spiro atoms. The molecule has 0 saturated carbocycles. The quantitative estimate of drug-likeness (QED) is 0.373. The normalized spacial score (nSPS) is 11.0. The van der Waals surface area contributed by atoms with Gasteiger partial charge in [-0.25, -0.2) is 4.98 Å². The summed E-state index contributed by atoms with van der Waals surface area (Å²) in [5, 5.41) is 3.59. The van der Waals surface area contributed by atoms with Gasteiger partial charge in [-0.15, -0.1) is 11.8 Å². The number of hydrogen-bond acceptors (Lipinski definition) is 4. The molecule has 29 heavy (non-hydrogen) atoms. The van der Waals surface area contributed by atoms with Gasteiger partial charge in [0.15, 0.2) is 5.58 Å². The number of aryl methyl sites for hydroxylation is 2. The van der Waals surface area contributed by atoms with Crippen LogP contribution in [-0.2, 0) is 4.79 Å². The van der Waals surface area contributed by atoms with Gasteiger partial charge in [0.25, 0.3) is 0 Å². The van der Waals surface area contributed by atoms with E-state index < -0.39 is 0 Å². The zero-order valence-corrected chi connectivity index (χ0v) is 17.6. The highest BCUT2D eigenvalue weighted by Crippen LogP contribution is 2.28. The van der Waals surface area contributed by atoms with Gasteiger partial charge in [-0.3, -0.25) is 4.79 Å². The minimum Gasteiger partial charge on any atom is -0.436 e. The zero-order valence-electron chi connectivity index (χ0n) is 16.0. The number of amides is 1. The maximum atomic E-state index is 12.2. The molecule has 0 bridgehead atoms. The first-order valence-electron chi connectivity index (χ1n) is 9.14. The van der Waals surface area contributed by atoms with E-state index in [0.717, 1.165) is 38.4 Å². The van der Waals surface area contributed by atoms with E-state index in [4.69, 9.17) is 16.0 Å². The van der Waals surface area contributed by atoms with Crippen molar-refractivity contribution in [1.82, 2.24) is 4.98 Å². The minimum atomic E-state index is -0.0642. The molecular weight excluding hydrogens is 404 g/mol. The third-order valence-corrected chi connectivity index (χ3v) is 5.68. The Labute approximate surface area is 178 Å². The van der Waals surface area contributed by atoms with Gasteiger partial charge >= 0.3 is 0 Å². The van der Waals surface area contributed by atoms with Crippen LogP contribution in [0.1, 0.15) is 11.1 Å². The summed E-state index contributed by atoms with van der Waals surface area (Å²) in [5.74, 6) is 0.836. The van der Waals surface area contributed by atoms with Crippen LogP contribution in [-0.4, -0.2) is 16.6 Å². The Morgan fingerprint density at radius 1 is 1.07 bits per heavy atom. The second-order valence-corrected chi connectivity index (χ2v) is 8.30. The molecule has 6 heteroatoms. The summed E-state index contributed by atoms with van der Waals surface area (Å²) >= 11 is 7.34. The molecule has 3 aromatic carbocycles. The summed E-state index contributed by atoms with van der Waals surface area (Å²) < 4.78 is 5.95. The van der Waals surface area contributed by atoms with Crippen LogP contribution in [0, 0.1) is 13.8 Å². The summed E-state index contributed by atoms with van der Waals surface area (Å²) in [5.41, 5.74) is 5.49. The molecule has 4 aromatic rings. The molecule has 4 rings (SSSR count). The second-order valence-electron chi connectivity index (χ2n) is 6.82. The standard InChI is InChI=1S/C23H19ClN2O2S/c1-14-11-15(2)22-20(12-14)26-23(28-22)16-3-7-18(8-4-16)25-21(27)13-29-19-9-5-17(24)6-10-19/h3-12H,13H2,1-2H3,(H,25,27). The van der Waals surface area contributed by atoms with E-state index in [1.165, 1.54) is 11.8 Å². The molecule has 0 saturated heterocycles. The van der Waals surface area contributed by atoms with Gasteiger partial charge in [0, 0.05) is 21.2 Å². The van der Waals surface area contributed by atoms with E-state index in [1.54, 1.807) is 0 Å². The smallest absolute Gasteiger partial charge is 0.234 e. The molecule has 0 unspecified atom stereocenters. The zero-order chi connectivity index (χ0) is 20.4. The lowest BCUT2D eigenvalue weighted by molar-refractivity contribution is -0.113. The molecular formula is C23H19ClN2O2S. The van der Waals surface area contributed by atoms with E-state index in [0.29, 0.717) is 16.7 Å². The highest BCUT2D eigenvalue weighted by atomic mass is 35.5. The third-order valence-electron chi connectivity index (χ3n) is 4.42. The Kier molecular flexibility index (Phi) is 5.60. The van der Waals surface area contributed by atoms with Gasteiger partial charge in [0.05, 0.1) is 5.75 Å². The van der Waals surface area contributed by atoms with E-state index in [9.17, 15) is 4.79 Å². The van der Waals surface area contributed by atoms with Crippen molar-refractivity contribution in [2.24, 2.45) is 0 Å². The fraction of sp³-hybridized carbons (Fsp3) is 0.130. The average molecular weight is 423 g/mol. The summed E-state index contributed by atoms with van der Waals surface area (Å²) in [6, 6.07) is 19.0. The number of benzene rings is 3. The van der Waals surface area contributed by atoms with E-state index in [1.807, 2.05) is 68.4 Å². The number of hydrogen-bond donors (Lipinski definition) is 1. The van der Waals surface area contributed by atoms with Crippen LogP contribution in [0.4, 0.5) is 5.69 Å². The molecule has 0 atom stereocenters. The Hall–Kier alpha value is -2.76. The van der Waals surface area contributed by atoms with Crippen LogP contribution in [0.25, 0.3) is 22.6 Å². The molecule has 1 amide bonds. The first-order valence-corrected chi connectivity index (χ1v) is 10.5. The predicted molar refractivity (Wildman–Crippen MR) is 120 cm³/mol. The number of thioether (sulfide) groups is 1. The molecule has 0 aliphatic rings. The van der Waals surface area contributed by atoms with Crippen molar-refractivity contribution in [3.63, 3.8) is 0 Å². The Bertz CT molecular complexity index is 1170. The number of carbonyl (C=O) groups excluding carboxylic acids is 1. The Balaban J connectivity index is 1.42. The topological polar surface area (TPSA) is 55.1 Å². The molecule has 146 valence electrons. The first kappa shape index (κ1) is 19.6. The maximum Gasteiger partial charge on any atom is 0.234 e. The number of anilines is 1. The monoisotopic (exact) mass is 422 g/mol. The first-order chi connectivity index (χ1) is 14.0. The van der Waals surface area contributed by atoms with Crippen molar-refractivity contribution in [3.8, 4) is 11.5 Å². The average Bonchev–Trinajstić information content (AvgIpc) is 3.12. The summed E-state index contributed by atoms with van der Waals surface area (Å²) in [7, 11) is 0. The lowest BCUT2D eigenvalue weighted by Gasteiger charge is -2.06. The Morgan fingerprint density at radius 2 is 1.79 bits per heavy atom. The van der Waals surface area contributed by atoms with Gasteiger partial charge < -0.3 is 9.73 Å². The molecule has 1 heterocycles. The number of oxazole rings is 1. The minimum absolute atomic E-state index is 0.0642. The predicted octanol–water partition coefficient (Wildman–Crippen LogP) is 6.50. The van der Waals surface area contributed by atoms with Crippen molar-refractivity contribution in [2.75, 3.05) is 11.1 Å². The van der Waals surface area contributed by atoms with Crippen LogP contribution in [0.2, 0.25) is 5.02 Å². The highest BCUT2D eigenvalue weighted by Gasteiger charge is 2.11. The van der Waals surface area contributed by atoms with Crippen LogP contribution in [0.15, 0.2) is 70.0 Å². The van der Waals surface area contributed by atoms with Crippen LogP contribution >= 0.6 is 23.4 Å². The fourth-order valence-electron chi connectivity index (χ4n) is 3.07. The fourth-order valence-corrected chi connectivity index (χ4v) is 3.90. The third kappa shape index (κ3) is 4.63. The summed E-state index contributed by atoms with van der Waals surface area (Å²) in [6.07, 6.45) is 0. The highest BCUT2D eigenvalue weighted by molar-refractivity contribution is 8.00. The van der Waals surface area contributed by atoms with E-state index >= 15 is 0 Å². The van der Waals surface area contributed by atoms with Crippen molar-refractivity contribution in [2.45, 2.75) is 18.7 Å². The molecule has 0 radical (unpaired) electrons. The van der Waals surface area contributed by atoms with Crippen molar-refractivity contribution >= 4 is 46.1 Å². The SMILES string of the molecule is Cc1cc(C)c2oc(-c3ccc(NC(=O)CSc4ccc(Cl)cc4)cc3)nc2c1. The van der Waals surface area contributed by atoms with Gasteiger partial charge in [-0.2, -0.15) is 0 Å². The van der Waals surface area contributed by atoms with Crippen molar-refractivity contribution < 1.29 is 9.21 Å². The lowest BCUT2D eigenvalue weighted by Crippen LogP contribution is -2.13. The number of nitrogens with one attached hydrogen (secondary N) is 1. The van der Waals surface area contributed by atoms with Gasteiger partial charge in [0.1, 0.15) is 5.52 Å². The van der Waals surface area contributed by atoms with Gasteiger partial charge in [0.2, 0.25) is 11.8 Å². The number of halogens is 1. The molecule has 1 aromatic heterocycles. The molecule has 0 fully saturated rings. The summed E-state index contributed by atoms with van der Waals surface area (Å²) in [4.78, 5) is 17.8. The summed E-state index contributed by atoms with van der Waals surface area (Å²) in [6.45, 7) is 4.06. The van der Waals surface area contributed by atoms with Crippen LogP contribution < -0.4 is 5.32 Å². The van der Waals surface area contributed by atoms with Gasteiger partial charge in [-0.1, -0.05) is 17.7 Å². The van der Waals surface area contributed by atoms with Crippen LogP contribution in [0.3, 0.4) is 0 Å². The number of carbonyl (C=O) groups is 1. The molecule has 4 nitrogen and oxygen atoms in total. The van der Waals surface area contributed by atoms with Gasteiger partial charge in [-0.05, 0) is 79.6 Å². The van der Waals surface area contributed by atoms with Crippen molar-refractivity contribution in [1.29, 1.82) is 0 Å².